The number of nitrogens with zero attached hydrogens (tertiary/aromatic N) is 1. The van der Waals surface area contributed by atoms with E-state index in [1.807, 2.05) is 0 Å². The Morgan fingerprint density at radius 2 is 1.89 bits per heavy atom. The van der Waals surface area contributed by atoms with Crippen molar-refractivity contribution < 1.29 is 26.3 Å². The molecule has 1 aliphatic rings. The molecule has 2 N–H and O–H groups in total. The second-order valence-electron chi connectivity index (χ2n) is 3.72. The molecular formula is C8H16F3N3O3S. The van der Waals surface area contributed by atoms with Gasteiger partial charge in [-0.05, 0) is 0 Å². The van der Waals surface area contributed by atoms with Gasteiger partial charge in [0.2, 0.25) is 0 Å². The third-order valence-corrected chi connectivity index (χ3v) is 3.83. The summed E-state index contributed by atoms with van der Waals surface area (Å²) >= 11 is 0. The van der Waals surface area contributed by atoms with Crippen LogP contribution in [0.25, 0.3) is 0 Å². The zero-order valence-electron chi connectivity index (χ0n) is 9.66. The van der Waals surface area contributed by atoms with Gasteiger partial charge in [-0.3, -0.25) is 0 Å². The van der Waals surface area contributed by atoms with Crippen LogP contribution in [0.2, 0.25) is 0 Å². The number of nitrogens with one attached hydrogen (secondary N) is 2. The molecule has 0 saturated carbocycles. The van der Waals surface area contributed by atoms with Crippen LogP contribution in [0.3, 0.4) is 0 Å². The Balaban J connectivity index is 2.21. The van der Waals surface area contributed by atoms with Crippen LogP contribution in [0, 0.1) is 0 Å². The molecule has 108 valence electrons. The predicted molar refractivity (Wildman–Crippen MR) is 58.2 cm³/mol. The van der Waals surface area contributed by atoms with Crippen molar-refractivity contribution in [3.8, 4) is 0 Å². The Morgan fingerprint density at radius 3 is 2.44 bits per heavy atom. The van der Waals surface area contributed by atoms with Crippen LogP contribution < -0.4 is 10.0 Å². The smallest absolute Gasteiger partial charge is 0.371 e. The van der Waals surface area contributed by atoms with Gasteiger partial charge in [-0.1, -0.05) is 0 Å². The molecule has 10 heteroatoms. The van der Waals surface area contributed by atoms with Gasteiger partial charge < -0.3 is 10.1 Å². The van der Waals surface area contributed by atoms with Crippen molar-refractivity contribution in [1.29, 1.82) is 0 Å². The van der Waals surface area contributed by atoms with Gasteiger partial charge in [0.25, 0.3) is 10.2 Å². The topological polar surface area (TPSA) is 70.7 Å². The summed E-state index contributed by atoms with van der Waals surface area (Å²) in [5, 5.41) is 3.00. The summed E-state index contributed by atoms with van der Waals surface area (Å²) in [6, 6.07) is 0. The molecule has 1 fully saturated rings. The number of piperazine rings is 1. The molecule has 1 rings (SSSR count). The molecule has 0 aromatic heterocycles. The first-order valence-electron chi connectivity index (χ1n) is 5.41. The molecule has 0 aromatic rings. The first-order valence-corrected chi connectivity index (χ1v) is 6.85. The lowest BCUT2D eigenvalue weighted by molar-refractivity contribution is -0.173. The van der Waals surface area contributed by atoms with Crippen molar-refractivity contribution in [3.05, 3.63) is 0 Å². The Kier molecular flexibility index (Phi) is 5.79. The van der Waals surface area contributed by atoms with E-state index in [2.05, 4.69) is 14.8 Å². The summed E-state index contributed by atoms with van der Waals surface area (Å²) in [4.78, 5) is 0. The molecular weight excluding hydrogens is 275 g/mol. The first-order chi connectivity index (χ1) is 8.31. The molecule has 1 heterocycles. The maximum absolute atomic E-state index is 11.7. The Hall–Kier alpha value is -0.420. The predicted octanol–water partition coefficient (Wildman–Crippen LogP) is -0.695. The van der Waals surface area contributed by atoms with Crippen LogP contribution in [-0.4, -0.2) is 64.8 Å². The highest BCUT2D eigenvalue weighted by Gasteiger charge is 2.27. The minimum absolute atomic E-state index is 0.178. The van der Waals surface area contributed by atoms with Crippen LogP contribution in [0.4, 0.5) is 13.2 Å². The van der Waals surface area contributed by atoms with Crippen LogP contribution in [0.15, 0.2) is 0 Å². The van der Waals surface area contributed by atoms with E-state index in [1.54, 1.807) is 0 Å². The quantitative estimate of drug-likeness (QED) is 0.635. The maximum atomic E-state index is 11.7. The van der Waals surface area contributed by atoms with Crippen molar-refractivity contribution in [3.63, 3.8) is 0 Å². The molecule has 6 nitrogen and oxygen atoms in total. The number of halogens is 3. The molecule has 1 saturated heterocycles. The molecule has 0 bridgehead atoms. The van der Waals surface area contributed by atoms with Crippen molar-refractivity contribution in [2.75, 3.05) is 45.9 Å². The Bertz CT molecular complexity index is 341. The van der Waals surface area contributed by atoms with Gasteiger partial charge in [-0.15, -0.1) is 0 Å². The number of rotatable bonds is 6. The van der Waals surface area contributed by atoms with Crippen molar-refractivity contribution in [2.24, 2.45) is 0 Å². The van der Waals surface area contributed by atoms with Crippen LogP contribution in [0.5, 0.6) is 0 Å². The van der Waals surface area contributed by atoms with E-state index in [4.69, 9.17) is 0 Å². The standard InChI is InChI=1S/C8H16F3N3O3S/c9-8(10,11)7-17-6-3-13-18(15,16)14-4-1-12-2-5-14/h12-13H,1-7H2. The van der Waals surface area contributed by atoms with E-state index >= 15 is 0 Å². The van der Waals surface area contributed by atoms with Gasteiger partial charge in [0.1, 0.15) is 6.61 Å². The Labute approximate surface area is 104 Å². The summed E-state index contributed by atoms with van der Waals surface area (Å²) in [7, 11) is -3.62. The molecule has 0 unspecified atom stereocenters. The van der Waals surface area contributed by atoms with E-state index in [9.17, 15) is 21.6 Å². The molecule has 1 aliphatic heterocycles. The van der Waals surface area contributed by atoms with E-state index in [0.29, 0.717) is 26.2 Å². The summed E-state index contributed by atoms with van der Waals surface area (Å²) in [5.74, 6) is 0. The lowest BCUT2D eigenvalue weighted by Crippen LogP contribution is -2.50. The molecule has 0 aromatic carbocycles. The first kappa shape index (κ1) is 15.6. The summed E-state index contributed by atoms with van der Waals surface area (Å²) in [5.41, 5.74) is 0. The highest BCUT2D eigenvalue weighted by Crippen LogP contribution is 2.13. The highest BCUT2D eigenvalue weighted by atomic mass is 32.2. The SMILES string of the molecule is O=S(=O)(NCCOCC(F)(F)F)N1CCNCC1. The molecule has 0 spiro atoms. The van der Waals surface area contributed by atoms with Crippen LogP contribution in [-0.2, 0) is 14.9 Å². The minimum Gasteiger partial charge on any atom is -0.371 e. The third kappa shape index (κ3) is 5.96. The van der Waals surface area contributed by atoms with Gasteiger partial charge in [0.15, 0.2) is 0 Å². The van der Waals surface area contributed by atoms with E-state index < -0.39 is 23.0 Å². The van der Waals surface area contributed by atoms with E-state index in [0.717, 1.165) is 0 Å². The lowest BCUT2D eigenvalue weighted by atomic mass is 10.4. The van der Waals surface area contributed by atoms with Crippen molar-refractivity contribution in [1.82, 2.24) is 14.3 Å². The number of hydrogen-bond donors (Lipinski definition) is 2. The number of alkyl halides is 3. The van der Waals surface area contributed by atoms with E-state index in [1.165, 1.54) is 4.31 Å². The van der Waals surface area contributed by atoms with Crippen molar-refractivity contribution in [2.45, 2.75) is 6.18 Å². The largest absolute Gasteiger partial charge is 0.411 e. The highest BCUT2D eigenvalue weighted by molar-refractivity contribution is 7.87. The van der Waals surface area contributed by atoms with Gasteiger partial charge in [0, 0.05) is 32.7 Å². The normalized spacial score (nSPS) is 19.1. The summed E-state index contributed by atoms with van der Waals surface area (Å²) < 4.78 is 66.2. The molecule has 0 amide bonds. The summed E-state index contributed by atoms with van der Waals surface area (Å²) in [6.45, 7) is -0.0516. The van der Waals surface area contributed by atoms with Gasteiger partial charge in [0.05, 0.1) is 6.61 Å². The van der Waals surface area contributed by atoms with Gasteiger partial charge in [-0.2, -0.15) is 30.6 Å². The zero-order valence-corrected chi connectivity index (χ0v) is 10.5. The maximum Gasteiger partial charge on any atom is 0.411 e. The fourth-order valence-corrected chi connectivity index (χ4v) is 2.59. The average Bonchev–Trinajstić information content (AvgIpc) is 2.28. The molecule has 18 heavy (non-hydrogen) atoms. The lowest BCUT2D eigenvalue weighted by Gasteiger charge is -2.26. The van der Waals surface area contributed by atoms with Gasteiger partial charge >= 0.3 is 6.18 Å². The second kappa shape index (κ2) is 6.66. The fraction of sp³-hybridized carbons (Fsp3) is 1.00. The summed E-state index contributed by atoms with van der Waals surface area (Å²) in [6.07, 6.45) is -4.39. The van der Waals surface area contributed by atoms with Crippen LogP contribution in [0.1, 0.15) is 0 Å². The van der Waals surface area contributed by atoms with Gasteiger partial charge in [-0.25, -0.2) is 0 Å². The number of hydrogen-bond acceptors (Lipinski definition) is 4. The second-order valence-corrected chi connectivity index (χ2v) is 5.47. The fourth-order valence-electron chi connectivity index (χ4n) is 1.41. The minimum atomic E-state index is -4.39. The third-order valence-electron chi connectivity index (χ3n) is 2.21. The van der Waals surface area contributed by atoms with Crippen molar-refractivity contribution >= 4 is 10.2 Å². The molecule has 0 aliphatic carbocycles. The molecule has 0 radical (unpaired) electrons. The van der Waals surface area contributed by atoms with Crippen LogP contribution >= 0.6 is 0 Å². The average molecular weight is 291 g/mol. The zero-order chi connectivity index (χ0) is 13.6. The monoisotopic (exact) mass is 291 g/mol. The number of ether oxygens (including phenoxy) is 1. The molecule has 0 atom stereocenters. The van der Waals surface area contributed by atoms with E-state index in [-0.39, 0.29) is 13.2 Å². The Morgan fingerprint density at radius 1 is 1.28 bits per heavy atom.